The van der Waals surface area contributed by atoms with Crippen LogP contribution in [0.5, 0.6) is 0 Å². The van der Waals surface area contributed by atoms with Crippen molar-refractivity contribution < 1.29 is 21.6 Å². The Hall–Kier alpha value is -1.82. The van der Waals surface area contributed by atoms with Gasteiger partial charge in [-0.1, -0.05) is 6.07 Å². The number of anilines is 1. The standard InChI is InChI=1S/C16H19N3O5S3/c1-26(21,22)13-3-2-4-14(11-13)27(23,24)19-8-5-12(6-9-19)15(20)18-16-17-7-10-25-16/h2-4,7,10-12H,5-6,8-9H2,1H3,(H,17,18,20). The highest BCUT2D eigenvalue weighted by Gasteiger charge is 2.32. The number of thiazole rings is 1. The fraction of sp³-hybridized carbons (Fsp3) is 0.375. The zero-order valence-electron chi connectivity index (χ0n) is 14.5. The maximum absolute atomic E-state index is 12.8. The second-order valence-electron chi connectivity index (χ2n) is 6.25. The van der Waals surface area contributed by atoms with E-state index in [4.69, 9.17) is 0 Å². The molecule has 0 bridgehead atoms. The predicted molar refractivity (Wildman–Crippen MR) is 102 cm³/mol. The molecule has 146 valence electrons. The van der Waals surface area contributed by atoms with Crippen molar-refractivity contribution in [1.82, 2.24) is 9.29 Å². The van der Waals surface area contributed by atoms with Crippen LogP contribution in [0.4, 0.5) is 5.13 Å². The van der Waals surface area contributed by atoms with Crippen LogP contribution in [0.15, 0.2) is 45.6 Å². The summed E-state index contributed by atoms with van der Waals surface area (Å²) in [6, 6.07) is 5.33. The molecule has 1 aliphatic rings. The highest BCUT2D eigenvalue weighted by molar-refractivity contribution is 7.91. The minimum atomic E-state index is -3.82. The Labute approximate surface area is 162 Å². The van der Waals surface area contributed by atoms with Crippen LogP contribution in [0.2, 0.25) is 0 Å². The number of benzene rings is 1. The minimum absolute atomic E-state index is 0.0405. The van der Waals surface area contributed by atoms with Gasteiger partial charge in [-0.15, -0.1) is 11.3 Å². The lowest BCUT2D eigenvalue weighted by atomic mass is 9.97. The molecule has 0 aliphatic carbocycles. The third-order valence-electron chi connectivity index (χ3n) is 4.36. The summed E-state index contributed by atoms with van der Waals surface area (Å²) in [6.07, 6.45) is 3.41. The molecule has 1 aromatic carbocycles. The molecule has 1 N–H and O–H groups in total. The summed E-state index contributed by atoms with van der Waals surface area (Å²) in [6.45, 7) is 0.392. The number of nitrogens with one attached hydrogen (secondary N) is 1. The molecule has 27 heavy (non-hydrogen) atoms. The minimum Gasteiger partial charge on any atom is -0.302 e. The Morgan fingerprint density at radius 2 is 1.85 bits per heavy atom. The molecule has 0 spiro atoms. The Bertz CT molecular complexity index is 1030. The molecule has 2 aromatic rings. The molecule has 2 heterocycles. The molecule has 0 unspecified atom stereocenters. The van der Waals surface area contributed by atoms with Gasteiger partial charge in [0.2, 0.25) is 15.9 Å². The first-order chi connectivity index (χ1) is 12.7. The van der Waals surface area contributed by atoms with Crippen molar-refractivity contribution in [2.24, 2.45) is 5.92 Å². The SMILES string of the molecule is CS(=O)(=O)c1cccc(S(=O)(=O)N2CCC(C(=O)Nc3nccs3)CC2)c1. The Morgan fingerprint density at radius 3 is 2.44 bits per heavy atom. The number of aromatic nitrogens is 1. The van der Waals surface area contributed by atoms with Gasteiger partial charge in [0.1, 0.15) is 0 Å². The number of rotatable bonds is 5. The van der Waals surface area contributed by atoms with Crippen LogP contribution >= 0.6 is 11.3 Å². The largest absolute Gasteiger partial charge is 0.302 e. The molecule has 11 heteroatoms. The van der Waals surface area contributed by atoms with Crippen LogP contribution in [0.25, 0.3) is 0 Å². The summed E-state index contributed by atoms with van der Waals surface area (Å²) in [5.41, 5.74) is 0. The lowest BCUT2D eigenvalue weighted by Crippen LogP contribution is -2.41. The zero-order chi connectivity index (χ0) is 19.7. The molecule has 1 aromatic heterocycles. The van der Waals surface area contributed by atoms with Crippen molar-refractivity contribution in [3.63, 3.8) is 0 Å². The van der Waals surface area contributed by atoms with E-state index in [2.05, 4.69) is 10.3 Å². The molecule has 1 amide bonds. The molecule has 1 fully saturated rings. The molecule has 3 rings (SSSR count). The first kappa shape index (κ1) is 19.9. The maximum Gasteiger partial charge on any atom is 0.243 e. The highest BCUT2D eigenvalue weighted by atomic mass is 32.2. The fourth-order valence-electron chi connectivity index (χ4n) is 2.87. The van der Waals surface area contributed by atoms with Crippen molar-refractivity contribution in [2.45, 2.75) is 22.6 Å². The van der Waals surface area contributed by atoms with Gasteiger partial charge >= 0.3 is 0 Å². The summed E-state index contributed by atoms with van der Waals surface area (Å²) < 4.78 is 50.3. The van der Waals surface area contributed by atoms with E-state index in [1.54, 1.807) is 11.6 Å². The van der Waals surface area contributed by atoms with Crippen molar-refractivity contribution in [2.75, 3.05) is 24.7 Å². The average Bonchev–Trinajstić information content (AvgIpc) is 3.14. The Balaban J connectivity index is 1.69. The van der Waals surface area contributed by atoms with Crippen LogP contribution in [-0.2, 0) is 24.7 Å². The van der Waals surface area contributed by atoms with Gasteiger partial charge in [0.15, 0.2) is 15.0 Å². The second kappa shape index (κ2) is 7.66. The van der Waals surface area contributed by atoms with Crippen LogP contribution < -0.4 is 5.32 Å². The number of sulfone groups is 1. The van der Waals surface area contributed by atoms with Gasteiger partial charge in [0.25, 0.3) is 0 Å². The monoisotopic (exact) mass is 429 g/mol. The Kier molecular flexibility index (Phi) is 5.65. The number of nitrogens with zero attached hydrogens (tertiary/aromatic N) is 2. The summed E-state index contributed by atoms with van der Waals surface area (Å²) in [4.78, 5) is 16.2. The number of piperidine rings is 1. The van der Waals surface area contributed by atoms with Crippen LogP contribution in [0.3, 0.4) is 0 Å². The smallest absolute Gasteiger partial charge is 0.243 e. The molecule has 0 saturated carbocycles. The van der Waals surface area contributed by atoms with Gasteiger partial charge in [-0.3, -0.25) is 4.79 Å². The van der Waals surface area contributed by atoms with E-state index >= 15 is 0 Å². The molecule has 8 nitrogen and oxygen atoms in total. The van der Waals surface area contributed by atoms with E-state index in [1.165, 1.54) is 39.9 Å². The van der Waals surface area contributed by atoms with Crippen molar-refractivity contribution in [3.8, 4) is 0 Å². The van der Waals surface area contributed by atoms with E-state index in [1.807, 2.05) is 0 Å². The van der Waals surface area contributed by atoms with Gasteiger partial charge in [-0.2, -0.15) is 4.31 Å². The number of hydrogen-bond donors (Lipinski definition) is 1. The summed E-state index contributed by atoms with van der Waals surface area (Å²) in [7, 11) is -7.32. The molecular formula is C16H19N3O5S3. The molecule has 0 radical (unpaired) electrons. The van der Waals surface area contributed by atoms with Gasteiger partial charge < -0.3 is 5.32 Å². The zero-order valence-corrected chi connectivity index (χ0v) is 17.0. The molecule has 0 atom stereocenters. The van der Waals surface area contributed by atoms with Crippen LogP contribution in [0.1, 0.15) is 12.8 Å². The molecule has 1 aliphatic heterocycles. The van der Waals surface area contributed by atoms with Crippen molar-refractivity contribution in [1.29, 1.82) is 0 Å². The number of carbonyl (C=O) groups excluding carboxylic acids is 1. The van der Waals surface area contributed by atoms with Gasteiger partial charge in [-0.25, -0.2) is 21.8 Å². The first-order valence-electron chi connectivity index (χ1n) is 8.18. The lowest BCUT2D eigenvalue weighted by Gasteiger charge is -2.30. The first-order valence-corrected chi connectivity index (χ1v) is 12.4. The summed E-state index contributed by atoms with van der Waals surface area (Å²) >= 11 is 1.32. The number of carbonyl (C=O) groups is 1. The topological polar surface area (TPSA) is 114 Å². The summed E-state index contributed by atoms with van der Waals surface area (Å²) in [5, 5.41) is 5.02. The highest BCUT2D eigenvalue weighted by Crippen LogP contribution is 2.26. The third kappa shape index (κ3) is 4.54. The van der Waals surface area contributed by atoms with E-state index in [-0.39, 0.29) is 34.7 Å². The van der Waals surface area contributed by atoms with E-state index < -0.39 is 19.9 Å². The normalized spacial score (nSPS) is 16.9. The van der Waals surface area contributed by atoms with Gasteiger partial charge in [0.05, 0.1) is 9.79 Å². The Morgan fingerprint density at radius 1 is 1.19 bits per heavy atom. The average molecular weight is 430 g/mol. The fourth-order valence-corrected chi connectivity index (χ4v) is 5.65. The number of sulfonamides is 1. The second-order valence-corrected chi connectivity index (χ2v) is 11.1. The van der Waals surface area contributed by atoms with Crippen molar-refractivity contribution in [3.05, 3.63) is 35.8 Å². The van der Waals surface area contributed by atoms with Crippen LogP contribution in [0, 0.1) is 5.92 Å². The predicted octanol–water partition coefficient (Wildman–Crippen LogP) is 1.59. The molecular weight excluding hydrogens is 410 g/mol. The van der Waals surface area contributed by atoms with E-state index in [9.17, 15) is 21.6 Å². The van der Waals surface area contributed by atoms with Crippen LogP contribution in [-0.4, -0.2) is 51.4 Å². The van der Waals surface area contributed by atoms with Crippen molar-refractivity contribution >= 4 is 42.2 Å². The summed E-state index contributed by atoms with van der Waals surface area (Å²) in [5.74, 6) is -0.455. The van der Waals surface area contributed by atoms with E-state index in [0.717, 1.165) is 6.26 Å². The third-order valence-corrected chi connectivity index (χ3v) is 8.05. The van der Waals surface area contributed by atoms with Gasteiger partial charge in [0, 0.05) is 36.8 Å². The number of amides is 1. The van der Waals surface area contributed by atoms with Gasteiger partial charge in [-0.05, 0) is 31.0 Å². The van der Waals surface area contributed by atoms with E-state index in [0.29, 0.717) is 18.0 Å². The number of hydrogen-bond acceptors (Lipinski definition) is 7. The molecule has 1 saturated heterocycles. The quantitative estimate of drug-likeness (QED) is 0.772. The lowest BCUT2D eigenvalue weighted by molar-refractivity contribution is -0.120. The maximum atomic E-state index is 12.8.